The number of hydrogen-bond acceptors (Lipinski definition) is 5. The zero-order chi connectivity index (χ0) is 23.0. The molecule has 2 N–H and O–H groups in total. The first-order chi connectivity index (χ1) is 15.9. The van der Waals surface area contributed by atoms with E-state index in [0.29, 0.717) is 17.1 Å². The molecule has 5 nitrogen and oxygen atoms in total. The number of allylic oxidation sites excluding steroid dienone is 2. The number of carboxylic acids is 1. The highest BCUT2D eigenvalue weighted by atomic mass is 32.1. The van der Waals surface area contributed by atoms with Crippen molar-refractivity contribution in [2.75, 3.05) is 0 Å². The Bertz CT molecular complexity index is 1360. The van der Waals surface area contributed by atoms with Gasteiger partial charge in [0, 0.05) is 18.2 Å². The van der Waals surface area contributed by atoms with Crippen molar-refractivity contribution in [1.82, 2.24) is 15.3 Å². The van der Waals surface area contributed by atoms with E-state index < -0.39 is 5.97 Å². The molecule has 0 aliphatic heterocycles. The van der Waals surface area contributed by atoms with Crippen molar-refractivity contribution >= 4 is 27.7 Å². The largest absolute Gasteiger partial charge is 0.481 e. The third-order valence-corrected chi connectivity index (χ3v) is 6.83. The number of carbonyl (C=O) groups is 1. The average molecular weight is 460 g/mol. The highest BCUT2D eigenvalue weighted by Gasteiger charge is 2.39. The number of benzene rings is 2. The van der Waals surface area contributed by atoms with Gasteiger partial charge in [0.05, 0.1) is 17.5 Å². The zero-order valence-corrected chi connectivity index (χ0v) is 18.8. The molecule has 0 bridgehead atoms. The Morgan fingerprint density at radius 2 is 1.91 bits per heavy atom. The summed E-state index contributed by atoms with van der Waals surface area (Å²) in [5, 5.41) is 12.5. The van der Waals surface area contributed by atoms with Crippen molar-refractivity contribution in [3.05, 3.63) is 95.5 Å². The van der Waals surface area contributed by atoms with Crippen molar-refractivity contribution in [2.45, 2.75) is 31.3 Å². The quantitative estimate of drug-likeness (QED) is 0.350. The predicted molar refractivity (Wildman–Crippen MR) is 128 cm³/mol. The first-order valence-electron chi connectivity index (χ1n) is 10.7. The molecule has 0 unspecified atom stereocenters. The lowest BCUT2D eigenvalue weighted by atomic mass is 9.89. The smallest absolute Gasteiger partial charge is 0.304 e. The van der Waals surface area contributed by atoms with E-state index in [1.54, 1.807) is 13.0 Å². The highest BCUT2D eigenvalue weighted by Crippen LogP contribution is 2.45. The van der Waals surface area contributed by atoms with Crippen LogP contribution in [-0.2, 0) is 16.8 Å². The van der Waals surface area contributed by atoms with Gasteiger partial charge in [-0.15, -0.1) is 0 Å². The molecule has 2 aromatic carbocycles. The molecule has 7 heteroatoms. The predicted octanol–water partition coefficient (Wildman–Crippen LogP) is 5.31. The van der Waals surface area contributed by atoms with Crippen LogP contribution < -0.4 is 5.32 Å². The number of halogens is 1. The summed E-state index contributed by atoms with van der Waals surface area (Å²) in [7, 11) is 0. The number of aliphatic carboxylic acids is 1. The molecule has 4 aromatic rings. The maximum atomic E-state index is 14.9. The fourth-order valence-electron chi connectivity index (χ4n) is 3.94. The van der Waals surface area contributed by atoms with Crippen LogP contribution in [0.25, 0.3) is 20.9 Å². The lowest BCUT2D eigenvalue weighted by molar-refractivity contribution is -0.137. The Morgan fingerprint density at radius 1 is 1.12 bits per heavy atom. The third-order valence-electron chi connectivity index (χ3n) is 5.83. The van der Waals surface area contributed by atoms with Gasteiger partial charge in [0.15, 0.2) is 0 Å². The van der Waals surface area contributed by atoms with Crippen molar-refractivity contribution in [1.29, 1.82) is 0 Å². The molecule has 2 heterocycles. The van der Waals surface area contributed by atoms with Crippen LogP contribution in [0.1, 0.15) is 30.2 Å². The second kappa shape index (κ2) is 8.50. The fourth-order valence-corrected chi connectivity index (χ4v) is 4.90. The van der Waals surface area contributed by atoms with Crippen LogP contribution >= 0.6 is 11.3 Å². The Labute approximate surface area is 194 Å². The van der Waals surface area contributed by atoms with Crippen LogP contribution in [0.5, 0.6) is 0 Å². The van der Waals surface area contributed by atoms with E-state index in [0.717, 1.165) is 21.6 Å². The molecular formula is C26H22FN3O2S. The molecule has 0 amide bonds. The number of carboxylic acid groups (broad SMARTS) is 1. The minimum atomic E-state index is -0.865. The van der Waals surface area contributed by atoms with E-state index in [4.69, 9.17) is 10.1 Å². The van der Waals surface area contributed by atoms with Crippen LogP contribution in [0.3, 0.4) is 0 Å². The first kappa shape index (κ1) is 21.4. The molecule has 0 fully saturated rings. The minimum absolute atomic E-state index is 0.0162. The van der Waals surface area contributed by atoms with Crippen molar-refractivity contribution in [3.63, 3.8) is 0 Å². The van der Waals surface area contributed by atoms with Gasteiger partial charge in [0.2, 0.25) is 0 Å². The summed E-state index contributed by atoms with van der Waals surface area (Å²) >= 11 is 1.38. The number of aromatic nitrogens is 2. The number of nitrogens with one attached hydrogen (secondary N) is 1. The van der Waals surface area contributed by atoms with E-state index in [2.05, 4.69) is 34.6 Å². The summed E-state index contributed by atoms with van der Waals surface area (Å²) in [6.45, 7) is 2.19. The number of rotatable bonds is 8. The average Bonchev–Trinajstić information content (AvgIpc) is 3.51. The van der Waals surface area contributed by atoms with Crippen LogP contribution in [0, 0.1) is 5.82 Å². The van der Waals surface area contributed by atoms with Gasteiger partial charge in [0.25, 0.3) is 0 Å². The number of fused-ring (bicyclic) bond motifs is 1. The zero-order valence-electron chi connectivity index (χ0n) is 18.0. The van der Waals surface area contributed by atoms with E-state index in [-0.39, 0.29) is 23.7 Å². The van der Waals surface area contributed by atoms with Crippen molar-refractivity contribution in [3.8, 4) is 10.6 Å². The Morgan fingerprint density at radius 3 is 2.61 bits per heavy atom. The topological polar surface area (TPSA) is 75.1 Å². The molecule has 1 atom stereocenters. The van der Waals surface area contributed by atoms with E-state index in [1.807, 2.05) is 36.4 Å². The second-order valence-electron chi connectivity index (χ2n) is 8.30. The van der Waals surface area contributed by atoms with Crippen molar-refractivity contribution < 1.29 is 14.3 Å². The maximum Gasteiger partial charge on any atom is 0.304 e. The van der Waals surface area contributed by atoms with Gasteiger partial charge in [-0.2, -0.15) is 0 Å². The normalized spacial score (nSPS) is 15.0. The first-order valence-corrected chi connectivity index (χ1v) is 11.5. The summed E-state index contributed by atoms with van der Waals surface area (Å²) in [6.07, 6.45) is 4.30. The monoisotopic (exact) mass is 459 g/mol. The van der Waals surface area contributed by atoms with Gasteiger partial charge >= 0.3 is 5.97 Å². The second-order valence-corrected chi connectivity index (χ2v) is 9.28. The standard InChI is InChI=1S/C26H22FN3O2S/c1-16(13-23(31)32)28-15-17-7-8-19(20(27)14-17)24-29-21-9-10-22(30-25(21)33-24)26(11-12-26)18-5-3-2-4-6-18/h2-12,14,16,28H,13,15H2,1H3,(H,31,32)/t16-/m0/s1. The lowest BCUT2D eigenvalue weighted by Gasteiger charge is -2.15. The van der Waals surface area contributed by atoms with E-state index in [1.165, 1.54) is 23.0 Å². The molecule has 33 heavy (non-hydrogen) atoms. The van der Waals surface area contributed by atoms with E-state index in [9.17, 15) is 9.18 Å². The van der Waals surface area contributed by atoms with Crippen molar-refractivity contribution in [2.24, 2.45) is 0 Å². The van der Waals surface area contributed by atoms with Gasteiger partial charge in [-0.3, -0.25) is 4.79 Å². The molecular weight excluding hydrogens is 437 g/mol. The number of hydrogen-bond donors (Lipinski definition) is 2. The lowest BCUT2D eigenvalue weighted by Crippen LogP contribution is -2.27. The molecule has 2 aromatic heterocycles. The van der Waals surface area contributed by atoms with Gasteiger partial charge in [-0.1, -0.05) is 59.9 Å². The van der Waals surface area contributed by atoms with E-state index >= 15 is 0 Å². The molecule has 0 radical (unpaired) electrons. The summed E-state index contributed by atoms with van der Waals surface area (Å²) in [5.74, 6) is -1.22. The van der Waals surface area contributed by atoms with Crippen LogP contribution in [0.4, 0.5) is 4.39 Å². The Balaban J connectivity index is 1.38. The van der Waals surface area contributed by atoms with Gasteiger partial charge in [-0.05, 0) is 42.3 Å². The van der Waals surface area contributed by atoms with Gasteiger partial charge < -0.3 is 10.4 Å². The number of nitrogens with zero attached hydrogens (tertiary/aromatic N) is 2. The number of pyridine rings is 1. The van der Waals surface area contributed by atoms with Gasteiger partial charge in [0.1, 0.15) is 21.2 Å². The molecule has 5 rings (SSSR count). The number of thiazole rings is 1. The van der Waals surface area contributed by atoms with Crippen LogP contribution in [-0.4, -0.2) is 27.1 Å². The summed E-state index contributed by atoms with van der Waals surface area (Å²) in [5.41, 5.74) is 3.78. The third kappa shape index (κ3) is 4.29. The summed E-state index contributed by atoms with van der Waals surface area (Å²) in [4.78, 5) is 21.0. The molecule has 0 saturated heterocycles. The molecule has 0 saturated carbocycles. The highest BCUT2D eigenvalue weighted by molar-refractivity contribution is 7.21. The molecule has 0 spiro atoms. The minimum Gasteiger partial charge on any atom is -0.481 e. The molecule has 166 valence electrons. The molecule has 1 aliphatic rings. The Hall–Kier alpha value is -3.42. The Kier molecular flexibility index (Phi) is 5.52. The molecule has 1 aliphatic carbocycles. The summed E-state index contributed by atoms with van der Waals surface area (Å²) < 4.78 is 14.9. The van der Waals surface area contributed by atoms with Crippen LogP contribution in [0.2, 0.25) is 0 Å². The fraction of sp³-hybridized carbons (Fsp3) is 0.192. The SMILES string of the molecule is C[C@@H](CC(=O)O)NCc1ccc(-c2nc3ccc(C4(c5ccccc5)C=C4)nc3s2)c(F)c1. The maximum absolute atomic E-state index is 14.9. The summed E-state index contributed by atoms with van der Waals surface area (Å²) in [6, 6.07) is 19.0. The van der Waals surface area contributed by atoms with Crippen LogP contribution in [0.15, 0.2) is 72.8 Å². The van der Waals surface area contributed by atoms with Gasteiger partial charge in [-0.25, -0.2) is 14.4 Å².